The third kappa shape index (κ3) is 6.71. The molecular weight excluding hydrogens is 483 g/mol. The van der Waals surface area contributed by atoms with Crippen LogP contribution in [-0.4, -0.2) is 67.5 Å². The first-order valence-corrected chi connectivity index (χ1v) is 9.85. The lowest BCUT2D eigenvalue weighted by Gasteiger charge is -2.24. The number of carbonyl (C=O) groups is 2. The van der Waals surface area contributed by atoms with Gasteiger partial charge in [-0.25, -0.2) is 14.6 Å². The Morgan fingerprint density at radius 1 is 1.09 bits per heavy atom. The number of hydrogen-bond acceptors (Lipinski definition) is 6. The van der Waals surface area contributed by atoms with Crippen LogP contribution in [0.3, 0.4) is 0 Å². The Morgan fingerprint density at radius 3 is 2.23 bits per heavy atom. The number of methoxy groups -OCH3 is 1. The van der Waals surface area contributed by atoms with Crippen molar-refractivity contribution < 1.29 is 45.8 Å². The third-order valence-corrected chi connectivity index (χ3v) is 4.77. The third-order valence-electron chi connectivity index (χ3n) is 4.77. The zero-order valence-corrected chi connectivity index (χ0v) is 18.3. The van der Waals surface area contributed by atoms with Crippen molar-refractivity contribution in [3.05, 3.63) is 54.1 Å². The van der Waals surface area contributed by atoms with Crippen LogP contribution in [0, 0.1) is 0 Å². The Kier molecular flexibility index (Phi) is 7.62. The van der Waals surface area contributed by atoms with Gasteiger partial charge < -0.3 is 24.4 Å². The highest BCUT2D eigenvalue weighted by atomic mass is 19.4. The van der Waals surface area contributed by atoms with Gasteiger partial charge in [0.1, 0.15) is 11.5 Å². The number of hydrazone groups is 1. The molecule has 2 aromatic carbocycles. The maximum atomic E-state index is 12.7. The smallest absolute Gasteiger partial charge is 0.453 e. The molecule has 3 amide bonds. The van der Waals surface area contributed by atoms with Crippen LogP contribution < -0.4 is 14.8 Å². The lowest BCUT2D eigenvalue weighted by atomic mass is 10.0. The number of alkyl halides is 5. The van der Waals surface area contributed by atoms with E-state index in [9.17, 15) is 31.5 Å². The van der Waals surface area contributed by atoms with Crippen molar-refractivity contribution in [2.45, 2.75) is 19.0 Å². The molecule has 0 aromatic heterocycles. The minimum absolute atomic E-state index is 0.0860. The number of ether oxygens (including phenoxy) is 3. The van der Waals surface area contributed by atoms with Gasteiger partial charge in [0.15, 0.2) is 0 Å². The largest absolute Gasteiger partial charge is 0.573 e. The average molecular weight is 502 g/mol. The number of rotatable bonds is 6. The Hall–Kier alpha value is -4.10. The molecule has 0 spiro atoms. The second-order valence-corrected chi connectivity index (χ2v) is 7.07. The monoisotopic (exact) mass is 502 g/mol. The first-order chi connectivity index (χ1) is 16.5. The van der Waals surface area contributed by atoms with E-state index in [2.05, 4.69) is 19.9 Å². The number of nitrogens with one attached hydrogen (secondary N) is 1. The Morgan fingerprint density at radius 2 is 1.69 bits per heavy atom. The molecule has 2 aromatic rings. The van der Waals surface area contributed by atoms with Crippen molar-refractivity contribution in [1.82, 2.24) is 9.91 Å². The molecule has 0 radical (unpaired) electrons. The van der Waals surface area contributed by atoms with E-state index < -0.39 is 36.9 Å². The van der Waals surface area contributed by atoms with Crippen LogP contribution in [0.15, 0.2) is 53.6 Å². The van der Waals surface area contributed by atoms with Crippen molar-refractivity contribution in [2.24, 2.45) is 5.10 Å². The molecule has 0 aliphatic carbocycles. The van der Waals surface area contributed by atoms with Gasteiger partial charge in [-0.05, 0) is 48.5 Å². The summed E-state index contributed by atoms with van der Waals surface area (Å²) < 4.78 is 74.6. The van der Waals surface area contributed by atoms with Gasteiger partial charge in [-0.1, -0.05) is 0 Å². The van der Waals surface area contributed by atoms with E-state index in [4.69, 9.17) is 4.74 Å². The van der Waals surface area contributed by atoms with E-state index in [-0.39, 0.29) is 23.7 Å². The molecule has 3 rings (SSSR count). The molecule has 1 unspecified atom stereocenters. The molecule has 0 saturated heterocycles. The molecular formula is C21H19F5N4O5. The maximum Gasteiger partial charge on any atom is 0.573 e. The molecule has 1 aliphatic heterocycles. The van der Waals surface area contributed by atoms with Crippen LogP contribution in [-0.2, 0) is 4.74 Å². The highest BCUT2D eigenvalue weighted by molar-refractivity contribution is 6.08. The highest BCUT2D eigenvalue weighted by Crippen LogP contribution is 2.25. The molecule has 35 heavy (non-hydrogen) atoms. The van der Waals surface area contributed by atoms with Gasteiger partial charge in [0, 0.05) is 18.3 Å². The number of hydrogen-bond donors (Lipinski definition) is 1. The predicted molar refractivity (Wildman–Crippen MR) is 112 cm³/mol. The minimum atomic E-state index is -4.85. The fraction of sp³-hybridized carbons (Fsp3) is 0.286. The lowest BCUT2D eigenvalue weighted by molar-refractivity contribution is -0.274. The molecule has 188 valence electrons. The number of carbonyl (C=O) groups excluding carboxylic acids is 2. The molecule has 1 heterocycles. The molecule has 0 saturated carbocycles. The molecule has 0 fully saturated rings. The summed E-state index contributed by atoms with van der Waals surface area (Å²) >= 11 is 0. The maximum absolute atomic E-state index is 12.7. The first-order valence-electron chi connectivity index (χ1n) is 9.85. The van der Waals surface area contributed by atoms with Crippen LogP contribution >= 0.6 is 0 Å². The number of amides is 3. The SMILES string of the molecule is COC(=O)N(C)C1CN(C(=O)Nc2ccc(OC(F)(F)F)cc2)N=C1c1ccc(OC(F)F)cc1. The van der Waals surface area contributed by atoms with E-state index in [1.54, 1.807) is 0 Å². The van der Waals surface area contributed by atoms with E-state index in [0.29, 0.717) is 5.56 Å². The Balaban J connectivity index is 1.79. The molecule has 0 bridgehead atoms. The van der Waals surface area contributed by atoms with Crippen LogP contribution in [0.5, 0.6) is 11.5 Å². The quantitative estimate of drug-likeness (QED) is 0.587. The van der Waals surface area contributed by atoms with Crippen LogP contribution in [0.25, 0.3) is 0 Å². The number of anilines is 1. The van der Waals surface area contributed by atoms with Gasteiger partial charge in [-0.2, -0.15) is 13.9 Å². The number of nitrogens with zero attached hydrogens (tertiary/aromatic N) is 3. The van der Waals surface area contributed by atoms with Gasteiger partial charge >= 0.3 is 25.1 Å². The van der Waals surface area contributed by atoms with E-state index in [0.717, 1.165) is 17.1 Å². The number of likely N-dealkylation sites (N-methyl/N-ethyl adjacent to an activating group) is 1. The summed E-state index contributed by atoms with van der Waals surface area (Å²) in [6, 6.07) is 8.43. The Labute approximate surface area is 195 Å². The van der Waals surface area contributed by atoms with Crippen LogP contribution in [0.2, 0.25) is 0 Å². The second-order valence-electron chi connectivity index (χ2n) is 7.07. The van der Waals surface area contributed by atoms with Crippen molar-refractivity contribution in [3.63, 3.8) is 0 Å². The summed E-state index contributed by atoms with van der Waals surface area (Å²) in [5, 5.41) is 7.76. The summed E-state index contributed by atoms with van der Waals surface area (Å²) in [6.07, 6.45) is -5.56. The fourth-order valence-electron chi connectivity index (χ4n) is 3.18. The molecule has 1 N–H and O–H groups in total. The van der Waals surface area contributed by atoms with Crippen molar-refractivity contribution in [1.29, 1.82) is 0 Å². The van der Waals surface area contributed by atoms with E-state index >= 15 is 0 Å². The summed E-state index contributed by atoms with van der Waals surface area (Å²) in [7, 11) is 2.61. The highest BCUT2D eigenvalue weighted by Gasteiger charge is 2.36. The Bertz CT molecular complexity index is 1080. The summed E-state index contributed by atoms with van der Waals surface area (Å²) in [5.74, 6) is -0.552. The minimum Gasteiger partial charge on any atom is -0.453 e. The lowest BCUT2D eigenvalue weighted by Crippen LogP contribution is -2.45. The normalized spacial score (nSPS) is 15.5. The first kappa shape index (κ1) is 25.5. The van der Waals surface area contributed by atoms with Gasteiger partial charge in [-0.15, -0.1) is 13.2 Å². The summed E-state index contributed by atoms with van der Waals surface area (Å²) in [4.78, 5) is 26.0. The van der Waals surface area contributed by atoms with Crippen molar-refractivity contribution >= 4 is 23.5 Å². The van der Waals surface area contributed by atoms with Crippen LogP contribution in [0.4, 0.5) is 37.2 Å². The standard InChI is InChI=1S/C21H19F5N4O5/c1-29(20(32)33-2)16-11-30(28-17(16)12-3-7-14(8-4-12)34-18(22)23)19(31)27-13-5-9-15(10-6-13)35-21(24,25)26/h3-10,16,18H,11H2,1-2H3,(H,27,31). The second kappa shape index (κ2) is 10.4. The fourth-order valence-corrected chi connectivity index (χ4v) is 3.18. The molecule has 1 aliphatic rings. The van der Waals surface area contributed by atoms with Crippen LogP contribution in [0.1, 0.15) is 5.56 Å². The molecule has 1 atom stereocenters. The molecule has 9 nitrogen and oxygen atoms in total. The average Bonchev–Trinajstić information content (AvgIpc) is 3.24. The van der Waals surface area contributed by atoms with Gasteiger partial charge in [0.2, 0.25) is 0 Å². The van der Waals surface area contributed by atoms with Gasteiger partial charge in [0.05, 0.1) is 25.4 Å². The van der Waals surface area contributed by atoms with Gasteiger partial charge in [0.25, 0.3) is 0 Å². The predicted octanol–water partition coefficient (Wildman–Crippen LogP) is 4.51. The topological polar surface area (TPSA) is 92.7 Å². The van der Waals surface area contributed by atoms with Gasteiger partial charge in [-0.3, -0.25) is 0 Å². The van der Waals surface area contributed by atoms with Crippen molar-refractivity contribution in [2.75, 3.05) is 26.0 Å². The summed E-state index contributed by atoms with van der Waals surface area (Å²) in [5.41, 5.74) is 0.862. The summed E-state index contributed by atoms with van der Waals surface area (Å²) in [6.45, 7) is -3.09. The van der Waals surface area contributed by atoms with E-state index in [1.165, 1.54) is 55.5 Å². The van der Waals surface area contributed by atoms with Crippen molar-refractivity contribution in [3.8, 4) is 11.5 Å². The number of benzene rings is 2. The zero-order valence-electron chi connectivity index (χ0n) is 18.3. The molecule has 14 heteroatoms. The number of urea groups is 1. The number of halogens is 5. The zero-order chi connectivity index (χ0) is 25.8. The van der Waals surface area contributed by atoms with E-state index in [1.807, 2.05) is 0 Å².